The lowest BCUT2D eigenvalue weighted by Crippen LogP contribution is -2.22. The first-order valence-corrected chi connectivity index (χ1v) is 6.67. The maximum absolute atomic E-state index is 12.0. The number of esters is 1. The van der Waals surface area contributed by atoms with Crippen molar-refractivity contribution < 1.29 is 19.4 Å². The van der Waals surface area contributed by atoms with Crippen LogP contribution in [0.1, 0.15) is 17.0 Å². The number of hydrogen-bond acceptors (Lipinski definition) is 4. The molecule has 4 nitrogen and oxygen atoms in total. The van der Waals surface area contributed by atoms with Gasteiger partial charge in [-0.3, -0.25) is 4.79 Å². The number of carbonyl (C=O) groups is 1. The van der Waals surface area contributed by atoms with Crippen molar-refractivity contribution >= 4 is 5.97 Å². The van der Waals surface area contributed by atoms with E-state index in [0.717, 1.165) is 11.1 Å². The van der Waals surface area contributed by atoms with E-state index in [9.17, 15) is 9.90 Å². The van der Waals surface area contributed by atoms with Gasteiger partial charge < -0.3 is 14.6 Å². The number of rotatable bonds is 5. The van der Waals surface area contributed by atoms with Crippen LogP contribution in [-0.2, 0) is 9.53 Å². The maximum Gasteiger partial charge on any atom is 0.316 e. The van der Waals surface area contributed by atoms with Crippen LogP contribution in [0.2, 0.25) is 0 Å². The maximum atomic E-state index is 12.0. The zero-order valence-electron chi connectivity index (χ0n) is 12.1. The Hall–Kier alpha value is -2.49. The highest BCUT2D eigenvalue weighted by atomic mass is 16.5. The molecule has 0 radical (unpaired) electrons. The van der Waals surface area contributed by atoms with Gasteiger partial charge in [0, 0.05) is 0 Å². The third-order valence-corrected chi connectivity index (χ3v) is 3.30. The van der Waals surface area contributed by atoms with Crippen LogP contribution in [0, 0.1) is 6.92 Å². The van der Waals surface area contributed by atoms with E-state index in [2.05, 4.69) is 0 Å². The van der Waals surface area contributed by atoms with Crippen LogP contribution in [0.4, 0.5) is 0 Å². The highest BCUT2D eigenvalue weighted by Gasteiger charge is 2.23. The molecule has 21 heavy (non-hydrogen) atoms. The molecule has 0 amide bonds. The van der Waals surface area contributed by atoms with Crippen molar-refractivity contribution in [2.75, 3.05) is 13.7 Å². The fourth-order valence-electron chi connectivity index (χ4n) is 2.13. The van der Waals surface area contributed by atoms with Crippen molar-refractivity contribution in [3.05, 3.63) is 59.7 Å². The van der Waals surface area contributed by atoms with Crippen molar-refractivity contribution in [1.82, 2.24) is 0 Å². The molecule has 2 aromatic carbocycles. The molecule has 0 aliphatic carbocycles. The van der Waals surface area contributed by atoms with E-state index >= 15 is 0 Å². The average molecular weight is 286 g/mol. The Morgan fingerprint density at radius 1 is 1.14 bits per heavy atom. The van der Waals surface area contributed by atoms with E-state index in [1.54, 1.807) is 12.1 Å². The lowest BCUT2D eigenvalue weighted by atomic mass is 9.95. The number of carbonyl (C=O) groups excluding carboxylic acids is 1. The second-order valence-electron chi connectivity index (χ2n) is 4.74. The summed E-state index contributed by atoms with van der Waals surface area (Å²) < 4.78 is 10.5. The third-order valence-electron chi connectivity index (χ3n) is 3.30. The van der Waals surface area contributed by atoms with Gasteiger partial charge in [-0.25, -0.2) is 0 Å². The normalized spacial score (nSPS) is 11.7. The van der Waals surface area contributed by atoms with Gasteiger partial charge in [0.05, 0.1) is 7.11 Å². The van der Waals surface area contributed by atoms with Gasteiger partial charge in [0.15, 0.2) is 0 Å². The third kappa shape index (κ3) is 3.75. The second-order valence-corrected chi connectivity index (χ2v) is 4.74. The van der Waals surface area contributed by atoms with Gasteiger partial charge in [0.1, 0.15) is 24.0 Å². The van der Waals surface area contributed by atoms with Crippen molar-refractivity contribution in [2.45, 2.75) is 12.8 Å². The van der Waals surface area contributed by atoms with Crippen LogP contribution in [0.25, 0.3) is 0 Å². The summed E-state index contributed by atoms with van der Waals surface area (Å²) in [5, 5.41) is 9.25. The fourth-order valence-corrected chi connectivity index (χ4v) is 2.13. The predicted molar refractivity (Wildman–Crippen MR) is 79.5 cm³/mol. The molecule has 0 heterocycles. The smallest absolute Gasteiger partial charge is 0.316 e. The minimum absolute atomic E-state index is 0.172. The van der Waals surface area contributed by atoms with E-state index in [1.807, 2.05) is 31.2 Å². The SMILES string of the molecule is COC(=O)C(COc1ccc(O)cc1)c1ccccc1C. The Kier molecular flexibility index (Phi) is 4.82. The first kappa shape index (κ1) is 14.9. The molecule has 0 aliphatic heterocycles. The molecule has 2 aromatic rings. The van der Waals surface area contributed by atoms with E-state index < -0.39 is 5.92 Å². The number of phenols is 1. The first-order chi connectivity index (χ1) is 10.1. The molecule has 4 heteroatoms. The molecule has 0 saturated heterocycles. The Labute approximate surface area is 123 Å². The molecule has 1 atom stereocenters. The van der Waals surface area contributed by atoms with E-state index in [-0.39, 0.29) is 18.3 Å². The van der Waals surface area contributed by atoms with Gasteiger partial charge in [-0.05, 0) is 42.3 Å². The highest BCUT2D eigenvalue weighted by molar-refractivity contribution is 5.78. The molecular formula is C17H18O4. The number of hydrogen-bond donors (Lipinski definition) is 1. The molecule has 0 aliphatic rings. The molecule has 0 fully saturated rings. The van der Waals surface area contributed by atoms with E-state index in [1.165, 1.54) is 19.2 Å². The number of ether oxygens (including phenoxy) is 2. The minimum Gasteiger partial charge on any atom is -0.508 e. The van der Waals surface area contributed by atoms with Gasteiger partial charge in [-0.1, -0.05) is 24.3 Å². The summed E-state index contributed by atoms with van der Waals surface area (Å²) in [6.45, 7) is 2.13. The highest BCUT2D eigenvalue weighted by Crippen LogP contribution is 2.23. The largest absolute Gasteiger partial charge is 0.508 e. The summed E-state index contributed by atoms with van der Waals surface area (Å²) in [6, 6.07) is 14.0. The summed E-state index contributed by atoms with van der Waals surface area (Å²) in [5.41, 5.74) is 1.91. The van der Waals surface area contributed by atoms with Crippen LogP contribution >= 0.6 is 0 Å². The molecular weight excluding hydrogens is 268 g/mol. The first-order valence-electron chi connectivity index (χ1n) is 6.67. The summed E-state index contributed by atoms with van der Waals surface area (Å²) >= 11 is 0. The van der Waals surface area contributed by atoms with Crippen LogP contribution < -0.4 is 4.74 Å². The fraction of sp³-hybridized carbons (Fsp3) is 0.235. The zero-order valence-corrected chi connectivity index (χ0v) is 12.1. The monoisotopic (exact) mass is 286 g/mol. The molecule has 0 saturated carbocycles. The molecule has 2 rings (SSSR count). The molecule has 0 bridgehead atoms. The summed E-state index contributed by atoms with van der Waals surface area (Å²) in [4.78, 5) is 12.0. The predicted octanol–water partition coefficient (Wildman–Crippen LogP) is 3.04. The number of phenolic OH excluding ortho intramolecular Hbond substituents is 1. The topological polar surface area (TPSA) is 55.8 Å². The van der Waals surface area contributed by atoms with Crippen LogP contribution in [0.3, 0.4) is 0 Å². The van der Waals surface area contributed by atoms with E-state index in [0.29, 0.717) is 5.75 Å². The van der Waals surface area contributed by atoms with Crippen LogP contribution in [0.15, 0.2) is 48.5 Å². The molecule has 110 valence electrons. The minimum atomic E-state index is -0.481. The van der Waals surface area contributed by atoms with Gasteiger partial charge in [0.2, 0.25) is 0 Å². The number of aryl methyl sites for hydroxylation is 1. The van der Waals surface area contributed by atoms with Gasteiger partial charge in [-0.15, -0.1) is 0 Å². The molecule has 0 spiro atoms. The zero-order chi connectivity index (χ0) is 15.2. The van der Waals surface area contributed by atoms with E-state index in [4.69, 9.17) is 9.47 Å². The summed E-state index contributed by atoms with van der Waals surface area (Å²) in [5.74, 6) is -0.0471. The standard InChI is InChI=1S/C17H18O4/c1-12-5-3-4-6-15(12)16(17(19)20-2)11-21-14-9-7-13(18)8-10-14/h3-10,16,18H,11H2,1-2H3. The van der Waals surface area contributed by atoms with Gasteiger partial charge in [0.25, 0.3) is 0 Å². The summed E-state index contributed by atoms with van der Waals surface area (Å²) in [6.07, 6.45) is 0. The van der Waals surface area contributed by atoms with Crippen LogP contribution in [0.5, 0.6) is 11.5 Å². The van der Waals surface area contributed by atoms with Crippen LogP contribution in [-0.4, -0.2) is 24.8 Å². The van der Waals surface area contributed by atoms with Crippen molar-refractivity contribution in [2.24, 2.45) is 0 Å². The lowest BCUT2D eigenvalue weighted by molar-refractivity contribution is -0.143. The Balaban J connectivity index is 2.16. The lowest BCUT2D eigenvalue weighted by Gasteiger charge is -2.18. The quantitative estimate of drug-likeness (QED) is 0.858. The number of methoxy groups -OCH3 is 1. The van der Waals surface area contributed by atoms with Crippen molar-refractivity contribution in [3.8, 4) is 11.5 Å². The summed E-state index contributed by atoms with van der Waals surface area (Å²) in [7, 11) is 1.37. The van der Waals surface area contributed by atoms with Gasteiger partial charge >= 0.3 is 5.97 Å². The molecule has 1 unspecified atom stereocenters. The van der Waals surface area contributed by atoms with Gasteiger partial charge in [-0.2, -0.15) is 0 Å². The van der Waals surface area contributed by atoms with Crippen molar-refractivity contribution in [3.63, 3.8) is 0 Å². The Morgan fingerprint density at radius 3 is 2.43 bits per heavy atom. The Morgan fingerprint density at radius 2 is 1.81 bits per heavy atom. The average Bonchev–Trinajstić information content (AvgIpc) is 2.50. The number of benzene rings is 2. The Bertz CT molecular complexity index is 604. The number of aromatic hydroxyl groups is 1. The molecule has 0 aromatic heterocycles. The van der Waals surface area contributed by atoms with Crippen molar-refractivity contribution in [1.29, 1.82) is 0 Å². The molecule has 1 N–H and O–H groups in total. The second kappa shape index (κ2) is 6.79.